The Bertz CT molecular complexity index is 1040. The third-order valence-corrected chi connectivity index (χ3v) is 4.55. The van der Waals surface area contributed by atoms with Crippen molar-refractivity contribution in [1.29, 1.82) is 5.26 Å². The van der Waals surface area contributed by atoms with E-state index in [4.69, 9.17) is 0 Å². The van der Waals surface area contributed by atoms with Gasteiger partial charge in [-0.15, -0.1) is 11.3 Å². The summed E-state index contributed by atoms with van der Waals surface area (Å²) in [6.07, 6.45) is 2.43. The Morgan fingerprint density at radius 3 is 2.79 bits per heavy atom. The molecule has 0 amide bonds. The van der Waals surface area contributed by atoms with Crippen molar-refractivity contribution in [1.82, 2.24) is 19.7 Å². The highest BCUT2D eigenvalue weighted by Crippen LogP contribution is 2.23. The molecule has 4 aromatic rings. The van der Waals surface area contributed by atoms with E-state index in [1.807, 2.05) is 28.7 Å². The van der Waals surface area contributed by atoms with Crippen LogP contribution >= 0.6 is 11.3 Å². The van der Waals surface area contributed by atoms with E-state index in [1.165, 1.54) is 5.56 Å². The van der Waals surface area contributed by atoms with Gasteiger partial charge in [0.15, 0.2) is 0 Å². The standard InChI is InChI=1S/C18H13N5S/c1-23-18-14(7-15(8-19)22-16(18)9-21-23)6-12-2-4-13(5-3-12)17-10-24-11-20-17/h2-5,7,9-11H,6H2,1H3. The van der Waals surface area contributed by atoms with Gasteiger partial charge in [0.2, 0.25) is 0 Å². The highest BCUT2D eigenvalue weighted by molar-refractivity contribution is 7.07. The van der Waals surface area contributed by atoms with Crippen molar-refractivity contribution in [3.63, 3.8) is 0 Å². The van der Waals surface area contributed by atoms with E-state index in [-0.39, 0.29) is 0 Å². The van der Waals surface area contributed by atoms with E-state index < -0.39 is 0 Å². The number of benzene rings is 1. The monoisotopic (exact) mass is 331 g/mol. The average molecular weight is 331 g/mol. The normalized spacial score (nSPS) is 10.8. The first-order valence-corrected chi connectivity index (χ1v) is 8.38. The summed E-state index contributed by atoms with van der Waals surface area (Å²) in [5.41, 5.74) is 8.31. The smallest absolute Gasteiger partial charge is 0.141 e. The number of thiazole rings is 1. The van der Waals surface area contributed by atoms with Crippen LogP contribution in [0.4, 0.5) is 0 Å². The van der Waals surface area contributed by atoms with Gasteiger partial charge < -0.3 is 0 Å². The summed E-state index contributed by atoms with van der Waals surface area (Å²) in [5, 5.41) is 15.5. The molecule has 24 heavy (non-hydrogen) atoms. The molecule has 0 fully saturated rings. The fourth-order valence-electron chi connectivity index (χ4n) is 2.84. The van der Waals surface area contributed by atoms with Crippen molar-refractivity contribution in [2.24, 2.45) is 7.05 Å². The Balaban J connectivity index is 1.71. The SMILES string of the molecule is Cn1ncc2nc(C#N)cc(Cc3ccc(-c4cscn4)cc3)c21. The third-order valence-electron chi connectivity index (χ3n) is 3.97. The Hall–Kier alpha value is -3.04. The molecule has 1 aromatic carbocycles. The van der Waals surface area contributed by atoms with Crippen LogP contribution in [0.1, 0.15) is 16.8 Å². The van der Waals surface area contributed by atoms with Crippen molar-refractivity contribution < 1.29 is 0 Å². The molecule has 0 aliphatic carbocycles. The van der Waals surface area contributed by atoms with Crippen molar-refractivity contribution in [2.75, 3.05) is 0 Å². The fourth-order valence-corrected chi connectivity index (χ4v) is 3.40. The van der Waals surface area contributed by atoms with Gasteiger partial charge in [-0.25, -0.2) is 9.97 Å². The molecule has 0 bridgehead atoms. The summed E-state index contributed by atoms with van der Waals surface area (Å²) in [6, 6.07) is 12.3. The van der Waals surface area contributed by atoms with Gasteiger partial charge in [-0.05, 0) is 23.6 Å². The van der Waals surface area contributed by atoms with Crippen LogP contribution < -0.4 is 0 Å². The lowest BCUT2D eigenvalue weighted by atomic mass is 10.0. The molecule has 0 atom stereocenters. The Labute approximate surface area is 142 Å². The van der Waals surface area contributed by atoms with Gasteiger partial charge in [0.25, 0.3) is 0 Å². The molecule has 0 N–H and O–H groups in total. The summed E-state index contributed by atoms with van der Waals surface area (Å²) in [6.45, 7) is 0. The molecule has 5 nitrogen and oxygen atoms in total. The van der Waals surface area contributed by atoms with E-state index in [2.05, 4.69) is 45.4 Å². The molecule has 0 saturated carbocycles. The van der Waals surface area contributed by atoms with Crippen molar-refractivity contribution in [3.05, 3.63) is 64.2 Å². The zero-order chi connectivity index (χ0) is 16.5. The second-order valence-electron chi connectivity index (χ2n) is 5.53. The molecule has 3 heterocycles. The van der Waals surface area contributed by atoms with Gasteiger partial charge in [-0.1, -0.05) is 24.3 Å². The number of nitriles is 1. The van der Waals surface area contributed by atoms with Crippen LogP contribution in [-0.2, 0) is 13.5 Å². The van der Waals surface area contributed by atoms with Crippen molar-refractivity contribution in [3.8, 4) is 17.3 Å². The maximum absolute atomic E-state index is 9.19. The Kier molecular flexibility index (Phi) is 3.56. The third kappa shape index (κ3) is 2.55. The molecule has 0 unspecified atom stereocenters. The van der Waals surface area contributed by atoms with E-state index in [9.17, 15) is 5.26 Å². The first kappa shape index (κ1) is 14.5. The number of nitrogens with zero attached hydrogens (tertiary/aromatic N) is 5. The maximum atomic E-state index is 9.19. The number of pyridine rings is 1. The van der Waals surface area contributed by atoms with Crippen LogP contribution in [0.5, 0.6) is 0 Å². The first-order valence-electron chi connectivity index (χ1n) is 7.44. The average Bonchev–Trinajstić information content (AvgIpc) is 3.26. The molecule has 0 aliphatic rings. The lowest BCUT2D eigenvalue weighted by Gasteiger charge is -2.07. The van der Waals surface area contributed by atoms with Crippen LogP contribution in [0.3, 0.4) is 0 Å². The highest BCUT2D eigenvalue weighted by atomic mass is 32.1. The number of aromatic nitrogens is 4. The molecular weight excluding hydrogens is 318 g/mol. The zero-order valence-corrected chi connectivity index (χ0v) is 13.8. The van der Waals surface area contributed by atoms with Crippen LogP contribution in [0.2, 0.25) is 0 Å². The molecule has 116 valence electrons. The molecule has 0 saturated heterocycles. The molecule has 0 spiro atoms. The second kappa shape index (κ2) is 5.87. The van der Waals surface area contributed by atoms with Crippen LogP contribution in [0.15, 0.2) is 47.4 Å². The molecule has 3 aromatic heterocycles. The number of hydrogen-bond donors (Lipinski definition) is 0. The van der Waals surface area contributed by atoms with E-state index in [0.29, 0.717) is 5.69 Å². The first-order chi connectivity index (χ1) is 11.7. The van der Waals surface area contributed by atoms with Crippen LogP contribution in [0.25, 0.3) is 22.3 Å². The van der Waals surface area contributed by atoms with Gasteiger partial charge in [0.05, 0.1) is 22.9 Å². The number of rotatable bonds is 3. The predicted molar refractivity (Wildman–Crippen MR) is 93.6 cm³/mol. The number of aryl methyl sites for hydroxylation is 1. The van der Waals surface area contributed by atoms with E-state index >= 15 is 0 Å². The van der Waals surface area contributed by atoms with Crippen LogP contribution in [0, 0.1) is 11.3 Å². The lowest BCUT2D eigenvalue weighted by Crippen LogP contribution is -1.98. The minimum atomic E-state index is 0.421. The van der Waals surface area contributed by atoms with Crippen molar-refractivity contribution >= 4 is 22.4 Å². The molecule has 0 radical (unpaired) electrons. The summed E-state index contributed by atoms with van der Waals surface area (Å²) >= 11 is 1.59. The maximum Gasteiger partial charge on any atom is 0.141 e. The quantitative estimate of drug-likeness (QED) is 0.576. The van der Waals surface area contributed by atoms with Crippen molar-refractivity contribution in [2.45, 2.75) is 6.42 Å². The number of hydrogen-bond acceptors (Lipinski definition) is 5. The van der Waals surface area contributed by atoms with Gasteiger partial charge in [0.1, 0.15) is 17.3 Å². The summed E-state index contributed by atoms with van der Waals surface area (Å²) in [5.74, 6) is 0. The largest absolute Gasteiger partial charge is 0.266 e. The Morgan fingerprint density at radius 2 is 2.08 bits per heavy atom. The topological polar surface area (TPSA) is 67.4 Å². The summed E-state index contributed by atoms with van der Waals surface area (Å²) in [4.78, 5) is 8.64. The lowest BCUT2D eigenvalue weighted by molar-refractivity contribution is 0.793. The van der Waals surface area contributed by atoms with Gasteiger partial charge >= 0.3 is 0 Å². The van der Waals surface area contributed by atoms with Gasteiger partial charge in [0, 0.05) is 18.0 Å². The number of fused-ring (bicyclic) bond motifs is 1. The van der Waals surface area contributed by atoms with E-state index in [1.54, 1.807) is 17.5 Å². The second-order valence-corrected chi connectivity index (χ2v) is 6.25. The molecule has 0 aliphatic heterocycles. The van der Waals surface area contributed by atoms with Gasteiger partial charge in [-0.2, -0.15) is 10.4 Å². The molecular formula is C18H13N5S. The zero-order valence-electron chi connectivity index (χ0n) is 13.0. The van der Waals surface area contributed by atoms with Gasteiger partial charge in [-0.3, -0.25) is 4.68 Å². The predicted octanol–water partition coefficient (Wildman–Crippen LogP) is 3.55. The Morgan fingerprint density at radius 1 is 1.25 bits per heavy atom. The fraction of sp³-hybridized carbons (Fsp3) is 0.111. The summed E-state index contributed by atoms with van der Waals surface area (Å²) < 4.78 is 1.81. The highest BCUT2D eigenvalue weighted by Gasteiger charge is 2.11. The van der Waals surface area contributed by atoms with Crippen LogP contribution in [-0.4, -0.2) is 19.7 Å². The summed E-state index contributed by atoms with van der Waals surface area (Å²) in [7, 11) is 1.89. The minimum absolute atomic E-state index is 0.421. The minimum Gasteiger partial charge on any atom is -0.266 e. The molecule has 4 rings (SSSR count). The molecule has 6 heteroatoms. The van der Waals surface area contributed by atoms with E-state index in [0.717, 1.165) is 34.3 Å².